The quantitative estimate of drug-likeness (QED) is 0.279. The van der Waals surface area contributed by atoms with Crippen LogP contribution in [-0.2, 0) is 20.7 Å². The summed E-state index contributed by atoms with van der Waals surface area (Å²) in [5.41, 5.74) is 0.838. The molecule has 4 N–H and O–H groups in total. The van der Waals surface area contributed by atoms with E-state index in [1.807, 2.05) is 0 Å². The Bertz CT molecular complexity index is 1320. The van der Waals surface area contributed by atoms with Crippen LogP contribution in [0.5, 0.6) is 17.2 Å². The number of likely N-dealkylation sites (N-methyl/N-ethyl adjacent to an activating group) is 1. The van der Waals surface area contributed by atoms with Crippen molar-refractivity contribution in [1.82, 2.24) is 10.2 Å². The minimum atomic E-state index is -1.10. The molecule has 0 aromatic heterocycles. The van der Waals surface area contributed by atoms with Gasteiger partial charge in [0, 0.05) is 18.7 Å². The summed E-state index contributed by atoms with van der Waals surface area (Å²) >= 11 is 0. The molecule has 3 aromatic carbocycles. The van der Waals surface area contributed by atoms with Crippen LogP contribution in [0.25, 0.3) is 0 Å². The van der Waals surface area contributed by atoms with E-state index in [1.165, 1.54) is 29.2 Å². The van der Waals surface area contributed by atoms with Crippen molar-refractivity contribution < 1.29 is 34.1 Å². The summed E-state index contributed by atoms with van der Waals surface area (Å²) in [6, 6.07) is 16.9. The second-order valence-corrected chi connectivity index (χ2v) is 10.4. The van der Waals surface area contributed by atoms with Gasteiger partial charge in [0.15, 0.2) is 0 Å². The SMILES string of the molecule is CCN(C(=O)C(Cc1ccc(O)cc1)NC(=O)OC(C)(C)C)C(C(=O)Nc1ccc(OC)cc1)c1ccc(O)cc1. The van der Waals surface area contributed by atoms with Crippen molar-refractivity contribution in [3.8, 4) is 17.2 Å². The number of aromatic hydroxyl groups is 2. The van der Waals surface area contributed by atoms with E-state index in [2.05, 4.69) is 10.6 Å². The smallest absolute Gasteiger partial charge is 0.408 e. The third-order valence-corrected chi connectivity index (χ3v) is 6.12. The molecule has 2 unspecified atom stereocenters. The van der Waals surface area contributed by atoms with Crippen molar-refractivity contribution >= 4 is 23.6 Å². The molecule has 10 heteroatoms. The van der Waals surface area contributed by atoms with E-state index in [-0.39, 0.29) is 24.5 Å². The van der Waals surface area contributed by atoms with Gasteiger partial charge in [-0.15, -0.1) is 0 Å². The molecule has 0 saturated carbocycles. The third-order valence-electron chi connectivity index (χ3n) is 6.12. The minimum Gasteiger partial charge on any atom is -0.508 e. The molecule has 0 saturated heterocycles. The number of nitrogens with one attached hydrogen (secondary N) is 2. The van der Waals surface area contributed by atoms with Gasteiger partial charge < -0.3 is 35.2 Å². The Morgan fingerprint density at radius 2 is 1.44 bits per heavy atom. The number of amides is 3. The number of phenols is 2. The number of methoxy groups -OCH3 is 1. The average Bonchev–Trinajstić information content (AvgIpc) is 2.92. The Morgan fingerprint density at radius 3 is 1.95 bits per heavy atom. The Hall–Kier alpha value is -4.73. The van der Waals surface area contributed by atoms with Gasteiger partial charge in [-0.05, 0) is 87.4 Å². The van der Waals surface area contributed by atoms with Gasteiger partial charge in [0.05, 0.1) is 7.11 Å². The monoisotopic (exact) mass is 563 g/mol. The Balaban J connectivity index is 1.98. The van der Waals surface area contributed by atoms with E-state index in [4.69, 9.17) is 9.47 Å². The molecule has 0 aliphatic heterocycles. The first-order valence-corrected chi connectivity index (χ1v) is 13.2. The first kappa shape index (κ1) is 30.8. The van der Waals surface area contributed by atoms with Crippen LogP contribution < -0.4 is 15.4 Å². The van der Waals surface area contributed by atoms with Crippen LogP contribution in [0.4, 0.5) is 10.5 Å². The standard InChI is InChI=1S/C31H37N3O7/c1-6-34(29(38)26(33-30(39)41-31(2,3)4)19-20-7-13-23(35)14-8-20)27(21-9-15-24(36)16-10-21)28(37)32-22-11-17-25(40-5)18-12-22/h7-18,26-27,35-36H,6,19H2,1-5H3,(H,32,37)(H,33,39). The number of ether oxygens (including phenoxy) is 2. The molecule has 0 radical (unpaired) electrons. The second kappa shape index (κ2) is 13.6. The summed E-state index contributed by atoms with van der Waals surface area (Å²) in [4.78, 5) is 42.0. The topological polar surface area (TPSA) is 137 Å². The number of hydrogen-bond donors (Lipinski definition) is 4. The number of carbonyl (C=O) groups is 3. The molecule has 0 bridgehead atoms. The van der Waals surface area contributed by atoms with Crippen LogP contribution in [0, 0.1) is 0 Å². The van der Waals surface area contributed by atoms with Gasteiger partial charge in [0.1, 0.15) is 34.9 Å². The maximum Gasteiger partial charge on any atom is 0.408 e. The van der Waals surface area contributed by atoms with Crippen molar-refractivity contribution in [1.29, 1.82) is 0 Å². The lowest BCUT2D eigenvalue weighted by Gasteiger charge is -2.34. The van der Waals surface area contributed by atoms with Gasteiger partial charge in [-0.3, -0.25) is 9.59 Å². The molecule has 2 atom stereocenters. The first-order chi connectivity index (χ1) is 19.4. The van der Waals surface area contributed by atoms with E-state index >= 15 is 0 Å². The summed E-state index contributed by atoms with van der Waals surface area (Å²) in [6.45, 7) is 7.00. The molecule has 10 nitrogen and oxygen atoms in total. The summed E-state index contributed by atoms with van der Waals surface area (Å²) in [5, 5.41) is 25.1. The Labute approximate surface area is 239 Å². The minimum absolute atomic E-state index is 0.00855. The average molecular weight is 564 g/mol. The van der Waals surface area contributed by atoms with Gasteiger partial charge in [-0.2, -0.15) is 0 Å². The molecule has 3 rings (SSSR count). The number of phenolic OH excluding ortho intramolecular Hbond substituents is 2. The molecule has 0 aliphatic rings. The van der Waals surface area contributed by atoms with Crippen LogP contribution in [0.15, 0.2) is 72.8 Å². The van der Waals surface area contributed by atoms with Crippen LogP contribution in [-0.4, -0.2) is 58.3 Å². The highest BCUT2D eigenvalue weighted by molar-refractivity contribution is 5.99. The van der Waals surface area contributed by atoms with Crippen LogP contribution in [0.2, 0.25) is 0 Å². The molecule has 218 valence electrons. The van der Waals surface area contributed by atoms with Gasteiger partial charge in [0.25, 0.3) is 5.91 Å². The van der Waals surface area contributed by atoms with Crippen molar-refractivity contribution in [2.75, 3.05) is 19.0 Å². The highest BCUT2D eigenvalue weighted by atomic mass is 16.6. The molecule has 41 heavy (non-hydrogen) atoms. The van der Waals surface area contributed by atoms with Gasteiger partial charge >= 0.3 is 6.09 Å². The summed E-state index contributed by atoms with van der Waals surface area (Å²) in [7, 11) is 1.54. The number of nitrogens with zero attached hydrogens (tertiary/aromatic N) is 1. The maximum absolute atomic E-state index is 14.1. The molecule has 0 fully saturated rings. The summed E-state index contributed by atoms with van der Waals surface area (Å²) in [6.07, 6.45) is -0.702. The third kappa shape index (κ3) is 8.89. The lowest BCUT2D eigenvalue weighted by Crippen LogP contribution is -2.53. The van der Waals surface area contributed by atoms with Crippen LogP contribution >= 0.6 is 0 Å². The number of anilines is 1. The fraction of sp³-hybridized carbons (Fsp3) is 0.323. The van der Waals surface area contributed by atoms with Crippen molar-refractivity contribution in [2.45, 2.75) is 51.8 Å². The van der Waals surface area contributed by atoms with Crippen molar-refractivity contribution in [2.24, 2.45) is 0 Å². The van der Waals surface area contributed by atoms with Crippen molar-refractivity contribution in [3.05, 3.63) is 83.9 Å². The Morgan fingerprint density at radius 1 is 0.878 bits per heavy atom. The van der Waals surface area contributed by atoms with E-state index < -0.39 is 35.6 Å². The summed E-state index contributed by atoms with van der Waals surface area (Å²) in [5.74, 6) is -0.316. The highest BCUT2D eigenvalue weighted by Gasteiger charge is 2.35. The van der Waals surface area contributed by atoms with Gasteiger partial charge in [0.2, 0.25) is 5.91 Å². The van der Waals surface area contributed by atoms with Crippen molar-refractivity contribution in [3.63, 3.8) is 0 Å². The predicted molar refractivity (Wildman–Crippen MR) is 155 cm³/mol. The fourth-order valence-electron chi connectivity index (χ4n) is 4.20. The molecule has 0 spiro atoms. The zero-order valence-corrected chi connectivity index (χ0v) is 23.9. The number of rotatable bonds is 10. The van der Waals surface area contributed by atoms with E-state index in [0.29, 0.717) is 22.6 Å². The van der Waals surface area contributed by atoms with Gasteiger partial charge in [-0.1, -0.05) is 24.3 Å². The zero-order valence-electron chi connectivity index (χ0n) is 23.9. The number of hydrogen-bond acceptors (Lipinski definition) is 7. The van der Waals surface area contributed by atoms with Gasteiger partial charge in [-0.25, -0.2) is 4.79 Å². The molecular weight excluding hydrogens is 526 g/mol. The fourth-order valence-corrected chi connectivity index (χ4v) is 4.20. The first-order valence-electron chi connectivity index (χ1n) is 13.2. The second-order valence-electron chi connectivity index (χ2n) is 10.4. The maximum atomic E-state index is 14.1. The van der Waals surface area contributed by atoms with E-state index in [9.17, 15) is 24.6 Å². The van der Waals surface area contributed by atoms with E-state index in [0.717, 1.165) is 0 Å². The van der Waals surface area contributed by atoms with E-state index in [1.54, 1.807) is 83.3 Å². The molecule has 3 amide bonds. The number of carbonyl (C=O) groups excluding carboxylic acids is 3. The number of alkyl carbamates (subject to hydrolysis) is 1. The predicted octanol–water partition coefficient (Wildman–Crippen LogP) is 4.77. The lowest BCUT2D eigenvalue weighted by molar-refractivity contribution is -0.140. The molecule has 3 aromatic rings. The Kier molecular flexibility index (Phi) is 10.2. The zero-order chi connectivity index (χ0) is 30.2. The molecular formula is C31H37N3O7. The van der Waals surface area contributed by atoms with Crippen LogP contribution in [0.1, 0.15) is 44.9 Å². The molecule has 0 aliphatic carbocycles. The lowest BCUT2D eigenvalue weighted by atomic mass is 10.00. The largest absolute Gasteiger partial charge is 0.508 e. The number of benzene rings is 3. The van der Waals surface area contributed by atoms with Crippen LogP contribution in [0.3, 0.4) is 0 Å². The summed E-state index contributed by atoms with van der Waals surface area (Å²) < 4.78 is 10.6. The normalized spacial score (nSPS) is 12.5. The molecule has 0 heterocycles. The highest BCUT2D eigenvalue weighted by Crippen LogP contribution is 2.27.